The first-order valence-corrected chi connectivity index (χ1v) is 14.6. The number of hydrogen-bond acceptors (Lipinski definition) is 5. The van der Waals surface area contributed by atoms with Gasteiger partial charge in [-0.3, -0.25) is 9.58 Å². The number of carboxylic acid groups (broad SMARTS) is 1. The van der Waals surface area contributed by atoms with Crippen molar-refractivity contribution in [2.75, 3.05) is 55.6 Å². The lowest BCUT2D eigenvalue weighted by atomic mass is 9.99. The molecule has 3 heterocycles. The first kappa shape index (κ1) is 28.8. The van der Waals surface area contributed by atoms with Crippen molar-refractivity contribution in [2.24, 2.45) is 5.92 Å². The van der Waals surface area contributed by atoms with Crippen LogP contribution in [-0.2, 0) is 6.18 Å². The zero-order chi connectivity index (χ0) is 29.6. The number of carbonyl (C=O) groups is 1. The molecule has 2 saturated heterocycles. The lowest BCUT2D eigenvalue weighted by molar-refractivity contribution is -0.145. The van der Waals surface area contributed by atoms with Crippen molar-refractivity contribution in [3.63, 3.8) is 0 Å². The molecule has 1 aromatic heterocycles. The van der Waals surface area contributed by atoms with Crippen molar-refractivity contribution in [1.82, 2.24) is 14.7 Å². The van der Waals surface area contributed by atoms with Crippen molar-refractivity contribution >= 4 is 28.9 Å². The lowest BCUT2D eigenvalue weighted by Crippen LogP contribution is -2.47. The predicted molar refractivity (Wildman–Crippen MR) is 153 cm³/mol. The van der Waals surface area contributed by atoms with E-state index in [1.807, 2.05) is 29.2 Å². The monoisotopic (exact) mass is 605 g/mol. The molecule has 2 aromatic carbocycles. The number of anilines is 2. The fraction of sp³-hybridized carbons (Fsp3) is 0.467. The predicted octanol–water partition coefficient (Wildman–Crippen LogP) is 6.24. The van der Waals surface area contributed by atoms with Crippen molar-refractivity contribution in [3.05, 3.63) is 64.9 Å². The molecule has 0 bridgehead atoms. The molecule has 3 aliphatic rings. The summed E-state index contributed by atoms with van der Waals surface area (Å²) in [6, 6.07) is 13.1. The van der Waals surface area contributed by atoms with E-state index in [0.717, 1.165) is 66.1 Å². The van der Waals surface area contributed by atoms with E-state index in [2.05, 4.69) is 27.0 Å². The van der Waals surface area contributed by atoms with Crippen molar-refractivity contribution in [1.29, 1.82) is 0 Å². The Morgan fingerprint density at radius 3 is 2.38 bits per heavy atom. The average molecular weight is 606 g/mol. The van der Waals surface area contributed by atoms with Gasteiger partial charge < -0.3 is 14.9 Å². The Labute approximate surface area is 246 Å². The van der Waals surface area contributed by atoms with Crippen LogP contribution in [-0.4, -0.2) is 77.7 Å². The zero-order valence-corrected chi connectivity index (χ0v) is 23.7. The summed E-state index contributed by atoms with van der Waals surface area (Å²) in [6.07, 6.45) is -2.96. The number of nitrogens with zero attached hydrogens (tertiary/aromatic N) is 5. The molecule has 12 heteroatoms. The summed E-state index contributed by atoms with van der Waals surface area (Å²) in [4.78, 5) is 18.2. The molecule has 0 amide bonds. The maximum Gasteiger partial charge on any atom is 0.433 e. The van der Waals surface area contributed by atoms with Gasteiger partial charge in [0, 0.05) is 73.7 Å². The highest BCUT2D eigenvalue weighted by Gasteiger charge is 2.42. The Bertz CT molecular complexity index is 1440. The van der Waals surface area contributed by atoms with Gasteiger partial charge in [0.1, 0.15) is 11.7 Å². The standard InChI is InChI=1S/C30H32ClF4N5O2/c31-21-5-8-24(19-3-6-22(7-4-19)38-12-10-37(11-13-38)17-20-14-26(20)32)27(15-21)39-9-1-2-23(18-39)40-28(30(33,34)35)25(16-36-40)29(41)42/h3-8,15-16,20,23,26H,1-2,9-14,17-18H2,(H,41,42)/t20-,23?,26-/m1/s1. The van der Waals surface area contributed by atoms with Crippen LogP contribution in [0.5, 0.6) is 0 Å². The van der Waals surface area contributed by atoms with Crippen LogP contribution >= 0.6 is 11.6 Å². The molecule has 2 aliphatic heterocycles. The van der Waals surface area contributed by atoms with Crippen LogP contribution in [0.25, 0.3) is 11.1 Å². The molecule has 1 saturated carbocycles. The molecule has 1 N–H and O–H groups in total. The number of rotatable bonds is 7. The summed E-state index contributed by atoms with van der Waals surface area (Å²) in [7, 11) is 0. The first-order valence-electron chi connectivity index (χ1n) is 14.2. The van der Waals surface area contributed by atoms with Gasteiger partial charge in [-0.2, -0.15) is 18.3 Å². The van der Waals surface area contributed by atoms with Gasteiger partial charge in [-0.05, 0) is 49.1 Å². The molecule has 1 unspecified atom stereocenters. The molecule has 3 fully saturated rings. The van der Waals surface area contributed by atoms with Gasteiger partial charge in [0.2, 0.25) is 0 Å². The molecule has 0 spiro atoms. The molecule has 6 rings (SSSR count). The largest absolute Gasteiger partial charge is 0.478 e. The van der Waals surface area contributed by atoms with Gasteiger partial charge >= 0.3 is 12.1 Å². The summed E-state index contributed by atoms with van der Waals surface area (Å²) in [5, 5.41) is 13.7. The second-order valence-corrected chi connectivity index (χ2v) is 11.8. The number of carboxylic acids is 1. The van der Waals surface area contributed by atoms with Crippen LogP contribution in [0.2, 0.25) is 5.02 Å². The Morgan fingerprint density at radius 2 is 1.74 bits per heavy atom. The fourth-order valence-electron chi connectivity index (χ4n) is 6.23. The number of benzene rings is 2. The summed E-state index contributed by atoms with van der Waals surface area (Å²) in [6.45, 7) is 5.24. The van der Waals surface area contributed by atoms with Gasteiger partial charge in [-0.1, -0.05) is 29.8 Å². The number of alkyl halides is 4. The maximum atomic E-state index is 13.9. The number of aromatic nitrogens is 2. The summed E-state index contributed by atoms with van der Waals surface area (Å²) < 4.78 is 55.8. The SMILES string of the molecule is O=C(O)c1cnn(C2CCCN(c3cc(Cl)ccc3-c3ccc(N4CCN(C[C@H]5C[C@H]5F)CC4)cc3)C2)c1C(F)(F)F. The van der Waals surface area contributed by atoms with E-state index >= 15 is 0 Å². The summed E-state index contributed by atoms with van der Waals surface area (Å²) in [5.74, 6) is -1.45. The van der Waals surface area contributed by atoms with Gasteiger partial charge in [0.05, 0.1) is 12.2 Å². The molecule has 3 aromatic rings. The normalized spacial score (nSPS) is 23.3. The van der Waals surface area contributed by atoms with Crippen LogP contribution in [0.1, 0.15) is 41.4 Å². The molecule has 3 atom stereocenters. The smallest absolute Gasteiger partial charge is 0.433 e. The van der Waals surface area contributed by atoms with Crippen LogP contribution in [0.3, 0.4) is 0 Å². The highest BCUT2D eigenvalue weighted by atomic mass is 35.5. The first-order chi connectivity index (χ1) is 20.1. The van der Waals surface area contributed by atoms with E-state index in [0.29, 0.717) is 30.8 Å². The van der Waals surface area contributed by atoms with E-state index in [9.17, 15) is 27.5 Å². The number of halogens is 5. The van der Waals surface area contributed by atoms with Gasteiger partial charge in [-0.15, -0.1) is 0 Å². The molecular weight excluding hydrogens is 574 g/mol. The van der Waals surface area contributed by atoms with Crippen LogP contribution < -0.4 is 9.80 Å². The molecule has 224 valence electrons. The third-order valence-corrected chi connectivity index (χ3v) is 8.82. The molecular formula is C30H32ClF4N5O2. The van der Waals surface area contributed by atoms with Gasteiger partial charge in [0.25, 0.3) is 0 Å². The minimum Gasteiger partial charge on any atom is -0.478 e. The Hall–Kier alpha value is -3.31. The second-order valence-electron chi connectivity index (χ2n) is 11.4. The highest BCUT2D eigenvalue weighted by molar-refractivity contribution is 6.31. The van der Waals surface area contributed by atoms with Crippen LogP contribution in [0.15, 0.2) is 48.7 Å². The Morgan fingerprint density at radius 1 is 1.02 bits per heavy atom. The summed E-state index contributed by atoms with van der Waals surface area (Å²) >= 11 is 6.39. The van der Waals surface area contributed by atoms with Crippen LogP contribution in [0.4, 0.5) is 28.9 Å². The second kappa shape index (κ2) is 11.4. The quantitative estimate of drug-likeness (QED) is 0.322. The number of hydrogen-bond donors (Lipinski definition) is 1. The van der Waals surface area contributed by atoms with Crippen LogP contribution in [0, 0.1) is 5.92 Å². The summed E-state index contributed by atoms with van der Waals surface area (Å²) in [5.41, 5.74) is 1.69. The maximum absolute atomic E-state index is 13.9. The zero-order valence-electron chi connectivity index (χ0n) is 22.9. The van der Waals surface area contributed by atoms with E-state index in [1.165, 1.54) is 0 Å². The van der Waals surface area contributed by atoms with E-state index < -0.39 is 35.6 Å². The number of piperidine rings is 1. The van der Waals surface area contributed by atoms with Gasteiger partial charge in [0.15, 0.2) is 5.69 Å². The third-order valence-electron chi connectivity index (χ3n) is 8.58. The van der Waals surface area contributed by atoms with Gasteiger partial charge in [-0.25, -0.2) is 9.18 Å². The minimum atomic E-state index is -4.85. The Kier molecular flexibility index (Phi) is 7.82. The topological polar surface area (TPSA) is 64.8 Å². The molecule has 42 heavy (non-hydrogen) atoms. The highest BCUT2D eigenvalue weighted by Crippen LogP contribution is 2.40. The molecule has 7 nitrogen and oxygen atoms in total. The van der Waals surface area contributed by atoms with E-state index in [-0.39, 0.29) is 12.5 Å². The van der Waals surface area contributed by atoms with E-state index in [1.54, 1.807) is 6.07 Å². The van der Waals surface area contributed by atoms with Crippen molar-refractivity contribution < 1.29 is 27.5 Å². The molecule has 1 aliphatic carbocycles. The third kappa shape index (κ3) is 5.94. The van der Waals surface area contributed by atoms with Crippen molar-refractivity contribution in [2.45, 2.75) is 37.7 Å². The minimum absolute atomic E-state index is 0.202. The molecule has 0 radical (unpaired) electrons. The van der Waals surface area contributed by atoms with Crippen molar-refractivity contribution in [3.8, 4) is 11.1 Å². The Balaban J connectivity index is 1.20. The van der Waals surface area contributed by atoms with E-state index in [4.69, 9.17) is 11.6 Å². The number of piperazine rings is 1. The average Bonchev–Trinajstić information content (AvgIpc) is 3.46. The lowest BCUT2D eigenvalue weighted by Gasteiger charge is -2.37. The fourth-order valence-corrected chi connectivity index (χ4v) is 6.40. The number of aromatic carboxylic acids is 1.